The molecule has 2 aromatic heterocycles. The lowest BCUT2D eigenvalue weighted by Crippen LogP contribution is -2.29. The zero-order valence-electron chi connectivity index (χ0n) is 21.0. The van der Waals surface area contributed by atoms with Gasteiger partial charge in [0, 0.05) is 30.2 Å². The number of pyridine rings is 1. The van der Waals surface area contributed by atoms with E-state index < -0.39 is 0 Å². The molecule has 0 saturated carbocycles. The van der Waals surface area contributed by atoms with Crippen molar-refractivity contribution in [3.05, 3.63) is 79.5 Å². The van der Waals surface area contributed by atoms with Crippen molar-refractivity contribution in [3.63, 3.8) is 0 Å². The van der Waals surface area contributed by atoms with Gasteiger partial charge in [0.2, 0.25) is 0 Å². The SMILES string of the molecule is C=CCN(CC(C)CC)c1ccc(-c2ncnc3ccc(-c4ccnc(N)c4)cc23)cc1F.CC. The lowest BCUT2D eigenvalue weighted by atomic mass is 10.0. The van der Waals surface area contributed by atoms with Crippen molar-refractivity contribution < 1.29 is 4.39 Å². The molecule has 0 saturated heterocycles. The molecule has 0 spiro atoms. The van der Waals surface area contributed by atoms with Crippen LogP contribution in [0.2, 0.25) is 0 Å². The Balaban J connectivity index is 0.00000167. The van der Waals surface area contributed by atoms with E-state index in [1.807, 2.05) is 61.2 Å². The van der Waals surface area contributed by atoms with Gasteiger partial charge in [0.25, 0.3) is 0 Å². The van der Waals surface area contributed by atoms with Crippen LogP contribution < -0.4 is 10.6 Å². The molecule has 0 aliphatic rings. The number of aromatic nitrogens is 3. The maximum absolute atomic E-state index is 15.3. The zero-order valence-corrected chi connectivity index (χ0v) is 21.0. The molecule has 0 fully saturated rings. The van der Waals surface area contributed by atoms with Crippen LogP contribution in [0.15, 0.2) is 73.7 Å². The molecule has 4 aromatic rings. The molecule has 0 aliphatic carbocycles. The van der Waals surface area contributed by atoms with E-state index in [9.17, 15) is 0 Å². The monoisotopic (exact) mass is 471 g/mol. The summed E-state index contributed by atoms with van der Waals surface area (Å²) in [7, 11) is 0. The minimum Gasteiger partial charge on any atom is -0.384 e. The van der Waals surface area contributed by atoms with Crippen LogP contribution in [-0.4, -0.2) is 28.0 Å². The number of hydrogen-bond acceptors (Lipinski definition) is 5. The Hall–Kier alpha value is -3.80. The van der Waals surface area contributed by atoms with Gasteiger partial charge in [-0.3, -0.25) is 0 Å². The third kappa shape index (κ3) is 6.01. The largest absolute Gasteiger partial charge is 0.384 e. The first kappa shape index (κ1) is 25.8. The Labute approximate surface area is 207 Å². The highest BCUT2D eigenvalue weighted by Gasteiger charge is 2.16. The third-order valence-corrected chi connectivity index (χ3v) is 5.89. The van der Waals surface area contributed by atoms with E-state index in [1.54, 1.807) is 18.3 Å². The second-order valence-electron chi connectivity index (χ2n) is 8.30. The summed E-state index contributed by atoms with van der Waals surface area (Å²) in [5.41, 5.74) is 10.5. The summed E-state index contributed by atoms with van der Waals surface area (Å²) >= 11 is 0. The zero-order chi connectivity index (χ0) is 25.4. The van der Waals surface area contributed by atoms with Crippen molar-refractivity contribution in [2.45, 2.75) is 34.1 Å². The van der Waals surface area contributed by atoms with E-state index in [2.05, 4.69) is 35.4 Å². The first-order valence-corrected chi connectivity index (χ1v) is 12.1. The Morgan fingerprint density at radius 3 is 2.43 bits per heavy atom. The first-order valence-electron chi connectivity index (χ1n) is 12.1. The Morgan fingerprint density at radius 1 is 1.00 bits per heavy atom. The second-order valence-corrected chi connectivity index (χ2v) is 8.30. The van der Waals surface area contributed by atoms with Gasteiger partial charge >= 0.3 is 0 Å². The summed E-state index contributed by atoms with van der Waals surface area (Å²) in [5.74, 6) is 0.634. The number of nitrogens with two attached hydrogens (primary N) is 1. The van der Waals surface area contributed by atoms with Gasteiger partial charge in [0.05, 0.1) is 16.9 Å². The van der Waals surface area contributed by atoms with E-state index >= 15 is 4.39 Å². The van der Waals surface area contributed by atoms with Gasteiger partial charge in [0.1, 0.15) is 18.0 Å². The molecule has 1 atom stereocenters. The lowest BCUT2D eigenvalue weighted by Gasteiger charge is -2.27. The average molecular weight is 472 g/mol. The molecule has 4 rings (SSSR count). The van der Waals surface area contributed by atoms with Crippen molar-refractivity contribution in [1.82, 2.24) is 15.0 Å². The number of anilines is 2. The van der Waals surface area contributed by atoms with E-state index in [0.29, 0.717) is 35.2 Å². The number of nitrogen functional groups attached to an aromatic ring is 1. The van der Waals surface area contributed by atoms with Gasteiger partial charge in [-0.2, -0.15) is 0 Å². The van der Waals surface area contributed by atoms with E-state index in [0.717, 1.165) is 35.0 Å². The molecule has 0 amide bonds. The van der Waals surface area contributed by atoms with Gasteiger partial charge < -0.3 is 10.6 Å². The molecular weight excluding hydrogens is 437 g/mol. The molecule has 2 aromatic carbocycles. The van der Waals surface area contributed by atoms with Crippen LogP contribution in [0, 0.1) is 11.7 Å². The van der Waals surface area contributed by atoms with Crippen LogP contribution in [-0.2, 0) is 0 Å². The summed E-state index contributed by atoms with van der Waals surface area (Å²) in [5, 5.41) is 0.847. The molecule has 2 heterocycles. The lowest BCUT2D eigenvalue weighted by molar-refractivity contribution is 0.542. The van der Waals surface area contributed by atoms with Crippen LogP contribution in [0.4, 0.5) is 15.9 Å². The molecule has 2 N–H and O–H groups in total. The van der Waals surface area contributed by atoms with Crippen LogP contribution in [0.25, 0.3) is 33.3 Å². The molecular formula is C29H34FN5. The molecule has 182 valence electrons. The van der Waals surface area contributed by atoms with E-state index in [1.165, 1.54) is 6.33 Å². The normalized spacial score (nSPS) is 11.5. The number of halogens is 1. The number of nitrogens with zero attached hydrogens (tertiary/aromatic N) is 4. The summed E-state index contributed by atoms with van der Waals surface area (Å²) in [6.07, 6.45) is 6.03. The van der Waals surface area contributed by atoms with Crippen molar-refractivity contribution >= 4 is 22.4 Å². The van der Waals surface area contributed by atoms with Crippen molar-refractivity contribution in [3.8, 4) is 22.4 Å². The van der Waals surface area contributed by atoms with E-state index in [-0.39, 0.29) is 5.82 Å². The smallest absolute Gasteiger partial charge is 0.147 e. The molecule has 1 unspecified atom stereocenters. The topological polar surface area (TPSA) is 67.9 Å². The van der Waals surface area contributed by atoms with Crippen molar-refractivity contribution in [1.29, 1.82) is 0 Å². The molecule has 35 heavy (non-hydrogen) atoms. The van der Waals surface area contributed by atoms with E-state index in [4.69, 9.17) is 5.73 Å². The standard InChI is InChI=1S/C27H28FN5.C2H6/c1-4-12-33(16-18(3)5-2)25-9-7-21(14-23(25)28)27-22-13-19(6-8-24(22)31-17-32-27)20-10-11-30-26(29)15-20;1-2/h4,6-11,13-15,17-18H,1,5,12,16H2,2-3H3,(H2,29,30);1-2H3. The van der Waals surface area contributed by atoms with Gasteiger partial charge in [-0.1, -0.05) is 52.3 Å². The number of rotatable bonds is 8. The predicted molar refractivity (Wildman–Crippen MR) is 146 cm³/mol. The van der Waals surface area contributed by atoms with Gasteiger partial charge in [-0.05, 0) is 53.4 Å². The number of fused-ring (bicyclic) bond motifs is 1. The highest BCUT2D eigenvalue weighted by Crippen LogP contribution is 2.32. The molecule has 0 aliphatic heterocycles. The molecule has 6 heteroatoms. The van der Waals surface area contributed by atoms with Crippen LogP contribution in [0.3, 0.4) is 0 Å². The Kier molecular flexibility index (Phi) is 8.90. The summed E-state index contributed by atoms with van der Waals surface area (Å²) in [4.78, 5) is 15.0. The highest BCUT2D eigenvalue weighted by molar-refractivity contribution is 5.95. The summed E-state index contributed by atoms with van der Waals surface area (Å²) in [6.45, 7) is 13.5. The van der Waals surface area contributed by atoms with Crippen molar-refractivity contribution in [2.24, 2.45) is 5.92 Å². The van der Waals surface area contributed by atoms with Crippen LogP contribution in [0.1, 0.15) is 34.1 Å². The van der Waals surface area contributed by atoms with Gasteiger partial charge in [-0.15, -0.1) is 6.58 Å². The Morgan fingerprint density at radius 2 is 1.74 bits per heavy atom. The summed E-state index contributed by atoms with van der Waals surface area (Å²) in [6, 6.07) is 15.0. The van der Waals surface area contributed by atoms with Gasteiger partial charge in [-0.25, -0.2) is 19.3 Å². The second kappa shape index (κ2) is 12.1. The number of hydrogen-bond donors (Lipinski definition) is 1. The van der Waals surface area contributed by atoms with Crippen LogP contribution in [0.5, 0.6) is 0 Å². The van der Waals surface area contributed by atoms with Crippen LogP contribution >= 0.6 is 0 Å². The average Bonchev–Trinajstić information content (AvgIpc) is 2.89. The molecule has 0 radical (unpaired) electrons. The predicted octanol–water partition coefficient (Wildman–Crippen LogP) is 7.14. The minimum absolute atomic E-state index is 0.275. The molecule has 5 nitrogen and oxygen atoms in total. The summed E-state index contributed by atoms with van der Waals surface area (Å²) < 4.78 is 15.3. The number of benzene rings is 2. The third-order valence-electron chi connectivity index (χ3n) is 5.89. The highest BCUT2D eigenvalue weighted by atomic mass is 19.1. The molecule has 0 bridgehead atoms. The fourth-order valence-corrected chi connectivity index (χ4v) is 3.94. The first-order chi connectivity index (χ1) is 17.0. The maximum Gasteiger partial charge on any atom is 0.147 e. The fourth-order valence-electron chi connectivity index (χ4n) is 3.94. The maximum atomic E-state index is 15.3. The fraction of sp³-hybridized carbons (Fsp3) is 0.276. The Bertz CT molecular complexity index is 1290. The van der Waals surface area contributed by atoms with Crippen molar-refractivity contribution in [2.75, 3.05) is 23.7 Å². The van der Waals surface area contributed by atoms with Gasteiger partial charge in [0.15, 0.2) is 0 Å². The minimum atomic E-state index is -0.275. The quantitative estimate of drug-likeness (QED) is 0.277.